The van der Waals surface area contributed by atoms with Gasteiger partial charge in [0.1, 0.15) is 38.0 Å². The molecule has 1 amide bonds. The van der Waals surface area contributed by atoms with Crippen LogP contribution in [0.2, 0.25) is 0 Å². The maximum Gasteiger partial charge on any atom is 0.417 e. The molecule has 0 aliphatic carbocycles. The van der Waals surface area contributed by atoms with Crippen LogP contribution in [0.3, 0.4) is 0 Å². The first-order valence-corrected chi connectivity index (χ1v) is 12.7. The Bertz CT molecular complexity index is 1530. The number of hydrogen-bond acceptors (Lipinski definition) is 7. The van der Waals surface area contributed by atoms with E-state index < -0.39 is 50.7 Å². The number of carbonyl (C=O) groups is 2. The minimum atomic E-state index is -4.13. The Morgan fingerprint density at radius 3 is 2.65 bits per heavy atom. The fraction of sp³-hybridized carbons (Fsp3) is 0.304. The summed E-state index contributed by atoms with van der Waals surface area (Å²) >= 11 is 0. The van der Waals surface area contributed by atoms with Crippen molar-refractivity contribution in [3.8, 4) is 5.75 Å². The van der Waals surface area contributed by atoms with E-state index in [1.165, 1.54) is 29.7 Å². The molecule has 3 aromatic rings. The van der Waals surface area contributed by atoms with Crippen molar-refractivity contribution >= 4 is 27.4 Å². The second-order valence-electron chi connectivity index (χ2n) is 8.83. The number of hydrogen-bond donors (Lipinski definition) is 0. The molecule has 2 aliphatic heterocycles. The van der Waals surface area contributed by atoms with E-state index >= 15 is 0 Å². The van der Waals surface area contributed by atoms with Gasteiger partial charge in [-0.05, 0) is 42.3 Å². The number of sulfonamides is 1. The molecule has 10 nitrogen and oxygen atoms in total. The second kappa shape index (κ2) is 9.04. The highest BCUT2D eigenvalue weighted by atomic mass is 32.2. The molecule has 0 radical (unpaired) electrons. The van der Waals surface area contributed by atoms with Crippen LogP contribution in [-0.4, -0.2) is 65.8 Å². The van der Waals surface area contributed by atoms with Crippen molar-refractivity contribution in [2.45, 2.75) is 30.5 Å². The molecule has 37 heavy (non-hydrogen) atoms. The summed E-state index contributed by atoms with van der Waals surface area (Å²) in [4.78, 5) is 26.6. The van der Waals surface area contributed by atoms with Crippen molar-refractivity contribution in [2.24, 2.45) is 0 Å². The van der Waals surface area contributed by atoms with Crippen molar-refractivity contribution in [3.63, 3.8) is 0 Å². The Morgan fingerprint density at radius 1 is 1.16 bits per heavy atom. The summed E-state index contributed by atoms with van der Waals surface area (Å²) in [5.74, 6) is -3.69. The van der Waals surface area contributed by atoms with Crippen LogP contribution >= 0.6 is 0 Å². The van der Waals surface area contributed by atoms with E-state index in [0.29, 0.717) is 18.9 Å². The predicted molar refractivity (Wildman–Crippen MR) is 122 cm³/mol. The van der Waals surface area contributed by atoms with Crippen molar-refractivity contribution in [2.75, 3.05) is 20.2 Å². The van der Waals surface area contributed by atoms with Gasteiger partial charge in [-0.25, -0.2) is 26.4 Å². The SMILES string of the molecule is C[N+]1(n2cc(CF)nn2)C(=O)C(=O)c2cc(S(=O)(=O)N3CCC[C@H]3COc3ccc(F)cc3F)ccc21. The van der Waals surface area contributed by atoms with Crippen LogP contribution in [0.5, 0.6) is 5.75 Å². The number of halogens is 3. The highest BCUT2D eigenvalue weighted by Gasteiger charge is 2.54. The number of amides is 1. The third kappa shape index (κ3) is 4.01. The zero-order valence-electron chi connectivity index (χ0n) is 19.5. The number of rotatable bonds is 7. The normalized spacial score (nSPS) is 22.0. The van der Waals surface area contributed by atoms with E-state index in [9.17, 15) is 31.2 Å². The number of aromatic nitrogens is 3. The van der Waals surface area contributed by atoms with Gasteiger partial charge < -0.3 is 4.74 Å². The summed E-state index contributed by atoms with van der Waals surface area (Å²) in [5, 5.41) is 7.39. The van der Waals surface area contributed by atoms with Crippen molar-refractivity contribution in [1.29, 1.82) is 0 Å². The monoisotopic (exact) mass is 536 g/mol. The first-order valence-electron chi connectivity index (χ1n) is 11.3. The Hall–Kier alpha value is -3.62. The molecule has 2 aliphatic rings. The second-order valence-corrected chi connectivity index (χ2v) is 10.7. The summed E-state index contributed by atoms with van der Waals surface area (Å²) in [6, 6.07) is 5.96. The Labute approximate surface area is 209 Å². The summed E-state index contributed by atoms with van der Waals surface area (Å²) in [6.07, 6.45) is 2.17. The van der Waals surface area contributed by atoms with Crippen molar-refractivity contribution < 1.29 is 35.9 Å². The molecule has 1 unspecified atom stereocenters. The number of Topliss-reactive ketones (excluding diaryl/α,β-unsaturated/α-hetero) is 1. The lowest BCUT2D eigenvalue weighted by Crippen LogP contribution is -2.54. The van der Waals surface area contributed by atoms with Gasteiger partial charge in [-0.2, -0.15) is 4.31 Å². The number of ether oxygens (including phenoxy) is 1. The molecule has 5 rings (SSSR count). The smallest absolute Gasteiger partial charge is 0.417 e. The van der Waals surface area contributed by atoms with Crippen LogP contribution in [0, 0.1) is 11.6 Å². The van der Waals surface area contributed by atoms with E-state index in [4.69, 9.17) is 4.74 Å². The first kappa shape index (κ1) is 25.0. The number of alkyl halides is 1. The van der Waals surface area contributed by atoms with Crippen molar-refractivity contribution in [1.82, 2.24) is 24.0 Å². The summed E-state index contributed by atoms with van der Waals surface area (Å²) in [7, 11) is -2.75. The highest BCUT2D eigenvalue weighted by Crippen LogP contribution is 2.37. The third-order valence-electron chi connectivity index (χ3n) is 6.60. The quantitative estimate of drug-likeness (QED) is 0.337. The number of fused-ring (bicyclic) bond motifs is 1. The lowest BCUT2D eigenvalue weighted by Gasteiger charge is -2.25. The zero-order valence-corrected chi connectivity index (χ0v) is 20.3. The molecular weight excluding hydrogens is 515 g/mol. The average molecular weight is 537 g/mol. The van der Waals surface area contributed by atoms with E-state index in [-0.39, 0.29) is 40.7 Å². The summed E-state index contributed by atoms with van der Waals surface area (Å²) in [5.41, 5.74) is 0.0126. The van der Waals surface area contributed by atoms with E-state index in [1.54, 1.807) is 0 Å². The van der Waals surface area contributed by atoms with Crippen molar-refractivity contribution in [3.05, 3.63) is 65.5 Å². The average Bonchev–Trinajstić information content (AvgIpc) is 3.60. The molecule has 0 N–H and O–H groups in total. The zero-order chi connectivity index (χ0) is 26.5. The Balaban J connectivity index is 1.43. The highest BCUT2D eigenvalue weighted by molar-refractivity contribution is 7.89. The molecule has 1 fully saturated rings. The van der Waals surface area contributed by atoms with Crippen LogP contribution in [0.1, 0.15) is 28.9 Å². The molecule has 3 heterocycles. The standard InChI is InChI=1S/C23H21F3N5O5S/c1-31(30-12-15(11-24)27-28-30)20-6-5-17(10-18(20)22(32)23(31)33)37(34,35)29-8-2-3-16(29)13-36-21-7-4-14(25)9-19(21)26/h4-7,9-10,12,16H,2-3,8,11,13H2,1H3/q+1/t16-,31?/m0/s1. The molecule has 1 aromatic heterocycles. The molecule has 1 saturated heterocycles. The minimum Gasteiger partial charge on any atom is -0.489 e. The minimum absolute atomic E-state index is 0.0324. The molecule has 2 aromatic carbocycles. The van der Waals surface area contributed by atoms with E-state index in [1.807, 2.05) is 0 Å². The van der Waals surface area contributed by atoms with Gasteiger partial charge in [0.05, 0.1) is 16.5 Å². The number of carbonyl (C=O) groups excluding carboxylic acids is 2. The van der Waals surface area contributed by atoms with Gasteiger partial charge in [-0.15, -0.1) is 5.10 Å². The first-order chi connectivity index (χ1) is 17.6. The fourth-order valence-electron chi connectivity index (χ4n) is 4.61. The molecule has 0 saturated carbocycles. The largest absolute Gasteiger partial charge is 0.489 e. The molecule has 14 heteroatoms. The van der Waals surface area contributed by atoms with Gasteiger partial charge in [-0.3, -0.25) is 4.79 Å². The maximum absolute atomic E-state index is 13.9. The topological polar surface area (TPSA) is 111 Å². The van der Waals surface area contributed by atoms with Gasteiger partial charge in [0.2, 0.25) is 10.0 Å². The summed E-state index contributed by atoms with van der Waals surface area (Å²) in [6.45, 7) is -0.909. The maximum atomic E-state index is 13.9. The van der Waals surface area contributed by atoms with Crippen LogP contribution in [0.25, 0.3) is 0 Å². The van der Waals surface area contributed by atoms with Crippen LogP contribution in [-0.2, 0) is 21.5 Å². The van der Waals surface area contributed by atoms with Crippen LogP contribution in [0.15, 0.2) is 47.5 Å². The van der Waals surface area contributed by atoms with Gasteiger partial charge in [0.15, 0.2) is 17.3 Å². The van der Waals surface area contributed by atoms with Crippen LogP contribution < -0.4 is 9.33 Å². The van der Waals surface area contributed by atoms with E-state index in [2.05, 4.69) is 10.3 Å². The lowest BCUT2D eigenvalue weighted by atomic mass is 10.1. The number of nitrogens with zero attached hydrogens (tertiary/aromatic N) is 5. The number of ketones is 1. The third-order valence-corrected chi connectivity index (χ3v) is 8.55. The fourth-order valence-corrected chi connectivity index (χ4v) is 6.32. The molecular formula is C23H21F3N5O5S+. The molecule has 0 spiro atoms. The number of likely N-dealkylation sites (N-methyl/N-ethyl adjacent to an activating group) is 1. The number of benzene rings is 2. The van der Waals surface area contributed by atoms with Gasteiger partial charge in [0.25, 0.3) is 5.78 Å². The van der Waals surface area contributed by atoms with Gasteiger partial charge in [0, 0.05) is 18.7 Å². The predicted octanol–water partition coefficient (Wildman–Crippen LogP) is 2.38. The van der Waals surface area contributed by atoms with Gasteiger partial charge >= 0.3 is 5.91 Å². The lowest BCUT2D eigenvalue weighted by molar-refractivity contribution is -0.126. The molecule has 194 valence electrons. The Kier molecular flexibility index (Phi) is 6.12. The molecule has 2 atom stereocenters. The number of quaternary nitrogens is 1. The van der Waals surface area contributed by atoms with E-state index in [0.717, 1.165) is 23.0 Å². The molecule has 0 bridgehead atoms. The van der Waals surface area contributed by atoms with Crippen LogP contribution in [0.4, 0.5) is 18.9 Å². The Morgan fingerprint density at radius 2 is 1.95 bits per heavy atom. The van der Waals surface area contributed by atoms with Gasteiger partial charge in [-0.1, -0.05) is 9.38 Å². The summed E-state index contributed by atoms with van der Waals surface area (Å²) < 4.78 is 73.0.